The molecule has 1 aromatic carbocycles. The van der Waals surface area contributed by atoms with Crippen molar-refractivity contribution < 1.29 is 18.7 Å². The lowest BCUT2D eigenvalue weighted by atomic mass is 10.0. The summed E-state index contributed by atoms with van der Waals surface area (Å²) in [4.78, 5) is 12.1. The third-order valence-corrected chi connectivity index (χ3v) is 2.93. The average molecular weight is 253 g/mol. The number of carbonyl (C=O) groups is 1. The number of rotatable bonds is 1. The molecule has 0 aromatic heterocycles. The smallest absolute Gasteiger partial charge is 0.407 e. The second kappa shape index (κ2) is 5.16. The summed E-state index contributed by atoms with van der Waals surface area (Å²) >= 11 is 0. The largest absolute Gasteiger partial charge is 0.465 e. The van der Waals surface area contributed by atoms with Gasteiger partial charge < -0.3 is 10.0 Å². The zero-order chi connectivity index (χ0) is 13.1. The van der Waals surface area contributed by atoms with Crippen LogP contribution in [0.15, 0.2) is 23.8 Å². The standard InChI is InChI=1S/C13H13F2NO2/c14-11-6-10(7-12(15)8-11)5-9-1-3-16(4-2-9)13(17)18/h5-8H,1-4H2,(H,17,18). The van der Waals surface area contributed by atoms with E-state index in [-0.39, 0.29) is 0 Å². The second-order valence-electron chi connectivity index (χ2n) is 4.27. The number of piperidine rings is 1. The molecule has 1 N–H and O–H groups in total. The summed E-state index contributed by atoms with van der Waals surface area (Å²) in [6.07, 6.45) is 2.01. The van der Waals surface area contributed by atoms with Crippen LogP contribution >= 0.6 is 0 Å². The summed E-state index contributed by atoms with van der Waals surface area (Å²) < 4.78 is 26.0. The highest BCUT2D eigenvalue weighted by Crippen LogP contribution is 2.20. The Kier molecular flexibility index (Phi) is 3.60. The van der Waals surface area contributed by atoms with Crippen LogP contribution in [0, 0.1) is 11.6 Å². The van der Waals surface area contributed by atoms with E-state index in [1.54, 1.807) is 6.08 Å². The Morgan fingerprint density at radius 1 is 1.17 bits per heavy atom. The van der Waals surface area contributed by atoms with Crippen LogP contribution in [0.2, 0.25) is 0 Å². The third-order valence-electron chi connectivity index (χ3n) is 2.93. The first-order valence-electron chi connectivity index (χ1n) is 5.68. The highest BCUT2D eigenvalue weighted by Gasteiger charge is 2.17. The lowest BCUT2D eigenvalue weighted by Crippen LogP contribution is -2.35. The highest BCUT2D eigenvalue weighted by atomic mass is 19.1. The van der Waals surface area contributed by atoms with Gasteiger partial charge >= 0.3 is 6.09 Å². The number of benzene rings is 1. The Morgan fingerprint density at radius 2 is 1.72 bits per heavy atom. The summed E-state index contributed by atoms with van der Waals surface area (Å²) in [5.41, 5.74) is 1.49. The van der Waals surface area contributed by atoms with Gasteiger partial charge in [0.05, 0.1) is 0 Å². The molecule has 96 valence electrons. The Bertz CT molecular complexity index is 470. The van der Waals surface area contributed by atoms with Crippen molar-refractivity contribution in [3.05, 3.63) is 41.0 Å². The molecule has 1 amide bonds. The van der Waals surface area contributed by atoms with Crippen LogP contribution in [-0.2, 0) is 0 Å². The second-order valence-corrected chi connectivity index (χ2v) is 4.27. The lowest BCUT2D eigenvalue weighted by Gasteiger charge is -2.25. The predicted octanol–water partition coefficient (Wildman–Crippen LogP) is 3.12. The molecule has 0 unspecified atom stereocenters. The first kappa shape index (κ1) is 12.5. The van der Waals surface area contributed by atoms with Gasteiger partial charge in [0.2, 0.25) is 0 Å². The molecule has 3 nitrogen and oxygen atoms in total. The molecule has 0 atom stereocenters. The lowest BCUT2D eigenvalue weighted by molar-refractivity contribution is 0.142. The van der Waals surface area contributed by atoms with E-state index in [1.807, 2.05) is 0 Å². The van der Waals surface area contributed by atoms with Crippen molar-refractivity contribution in [3.8, 4) is 0 Å². The molecule has 1 aliphatic rings. The Labute approximate surface area is 103 Å². The van der Waals surface area contributed by atoms with Gasteiger partial charge in [0, 0.05) is 19.2 Å². The van der Waals surface area contributed by atoms with Gasteiger partial charge in [0.15, 0.2) is 0 Å². The number of carboxylic acid groups (broad SMARTS) is 1. The van der Waals surface area contributed by atoms with Crippen molar-refractivity contribution in [1.29, 1.82) is 0 Å². The molecule has 18 heavy (non-hydrogen) atoms. The fraction of sp³-hybridized carbons (Fsp3) is 0.308. The third kappa shape index (κ3) is 3.06. The molecule has 0 aliphatic carbocycles. The van der Waals surface area contributed by atoms with E-state index >= 15 is 0 Å². The molecule has 0 spiro atoms. The van der Waals surface area contributed by atoms with Gasteiger partial charge in [-0.2, -0.15) is 0 Å². The minimum absolute atomic E-state index is 0.430. The maximum Gasteiger partial charge on any atom is 0.407 e. The summed E-state index contributed by atoms with van der Waals surface area (Å²) in [6, 6.07) is 3.36. The van der Waals surface area contributed by atoms with E-state index in [0.29, 0.717) is 31.5 Å². The Morgan fingerprint density at radius 3 is 2.22 bits per heavy atom. The van der Waals surface area contributed by atoms with Gasteiger partial charge in [-0.1, -0.05) is 11.6 Å². The number of likely N-dealkylation sites (tertiary alicyclic amines) is 1. The molecule has 0 bridgehead atoms. The molecule has 5 heteroatoms. The van der Waals surface area contributed by atoms with Crippen LogP contribution in [-0.4, -0.2) is 29.2 Å². The molecule has 1 aromatic rings. The molecule has 1 saturated heterocycles. The monoisotopic (exact) mass is 253 g/mol. The molecular formula is C13H13F2NO2. The summed E-state index contributed by atoms with van der Waals surface area (Å²) in [7, 11) is 0. The van der Waals surface area contributed by atoms with Crippen LogP contribution in [0.3, 0.4) is 0 Å². The molecule has 2 rings (SSSR count). The Hall–Kier alpha value is -1.91. The van der Waals surface area contributed by atoms with Crippen molar-refractivity contribution in [2.45, 2.75) is 12.8 Å². The fourth-order valence-corrected chi connectivity index (χ4v) is 2.02. The van der Waals surface area contributed by atoms with Gasteiger partial charge in [-0.15, -0.1) is 0 Å². The minimum atomic E-state index is -0.925. The molecule has 1 aliphatic heterocycles. The van der Waals surface area contributed by atoms with Crippen molar-refractivity contribution in [3.63, 3.8) is 0 Å². The van der Waals surface area contributed by atoms with Crippen molar-refractivity contribution in [2.24, 2.45) is 0 Å². The van der Waals surface area contributed by atoms with Gasteiger partial charge in [-0.3, -0.25) is 0 Å². The molecule has 1 fully saturated rings. The van der Waals surface area contributed by atoms with Crippen LogP contribution in [0.25, 0.3) is 6.08 Å². The first-order valence-corrected chi connectivity index (χ1v) is 5.68. The SMILES string of the molecule is O=C(O)N1CCC(=Cc2cc(F)cc(F)c2)CC1. The number of amides is 1. The minimum Gasteiger partial charge on any atom is -0.465 e. The zero-order valence-electron chi connectivity index (χ0n) is 9.70. The average Bonchev–Trinajstić information content (AvgIpc) is 2.28. The van der Waals surface area contributed by atoms with Crippen LogP contribution < -0.4 is 0 Å². The van der Waals surface area contributed by atoms with Gasteiger partial charge in [0.25, 0.3) is 0 Å². The van der Waals surface area contributed by atoms with Crippen molar-refractivity contribution in [1.82, 2.24) is 4.90 Å². The summed E-state index contributed by atoms with van der Waals surface area (Å²) in [6.45, 7) is 0.859. The van der Waals surface area contributed by atoms with E-state index in [1.165, 1.54) is 17.0 Å². The summed E-state index contributed by atoms with van der Waals surface area (Å²) in [5.74, 6) is -1.21. The predicted molar refractivity (Wildman–Crippen MR) is 63.2 cm³/mol. The van der Waals surface area contributed by atoms with E-state index < -0.39 is 17.7 Å². The van der Waals surface area contributed by atoms with Crippen LogP contribution in [0.4, 0.5) is 13.6 Å². The summed E-state index contributed by atoms with van der Waals surface area (Å²) in [5, 5.41) is 8.79. The van der Waals surface area contributed by atoms with E-state index in [0.717, 1.165) is 11.6 Å². The molecule has 0 saturated carbocycles. The van der Waals surface area contributed by atoms with Crippen LogP contribution in [0.1, 0.15) is 18.4 Å². The number of hydrogen-bond acceptors (Lipinski definition) is 1. The Balaban J connectivity index is 2.08. The highest BCUT2D eigenvalue weighted by molar-refractivity contribution is 5.65. The normalized spacial score (nSPS) is 15.7. The maximum absolute atomic E-state index is 13.0. The van der Waals surface area contributed by atoms with Crippen molar-refractivity contribution >= 4 is 12.2 Å². The molecule has 0 radical (unpaired) electrons. The maximum atomic E-state index is 13.0. The van der Waals surface area contributed by atoms with Gasteiger partial charge in [-0.25, -0.2) is 13.6 Å². The van der Waals surface area contributed by atoms with E-state index in [2.05, 4.69) is 0 Å². The zero-order valence-corrected chi connectivity index (χ0v) is 9.70. The van der Waals surface area contributed by atoms with E-state index in [4.69, 9.17) is 5.11 Å². The van der Waals surface area contributed by atoms with Gasteiger partial charge in [0.1, 0.15) is 11.6 Å². The quantitative estimate of drug-likeness (QED) is 0.835. The first-order chi connectivity index (χ1) is 8.54. The fourth-order valence-electron chi connectivity index (χ4n) is 2.02. The topological polar surface area (TPSA) is 40.5 Å². The van der Waals surface area contributed by atoms with Gasteiger partial charge in [-0.05, 0) is 30.5 Å². The van der Waals surface area contributed by atoms with Crippen LogP contribution in [0.5, 0.6) is 0 Å². The van der Waals surface area contributed by atoms with E-state index in [9.17, 15) is 13.6 Å². The number of halogens is 2. The number of nitrogens with zero attached hydrogens (tertiary/aromatic N) is 1. The van der Waals surface area contributed by atoms with Crippen molar-refractivity contribution in [2.75, 3.05) is 13.1 Å². The molecular weight excluding hydrogens is 240 g/mol. The number of hydrogen-bond donors (Lipinski definition) is 1. The molecule has 1 heterocycles.